The molecular formula is C24H25IN2O. The average molecular weight is 484 g/mol. The monoisotopic (exact) mass is 484 g/mol. The maximum absolute atomic E-state index is 12.8. The van der Waals surface area contributed by atoms with Crippen LogP contribution in [-0.2, 0) is 6.42 Å². The van der Waals surface area contributed by atoms with E-state index in [1.165, 1.54) is 55.2 Å². The number of hydrogen-bond donors (Lipinski definition) is 1. The van der Waals surface area contributed by atoms with Crippen molar-refractivity contribution in [3.05, 3.63) is 68.9 Å². The van der Waals surface area contributed by atoms with Gasteiger partial charge in [0.15, 0.2) is 5.78 Å². The molecule has 4 heteroatoms. The Morgan fingerprint density at radius 2 is 2.04 bits per heavy atom. The first-order chi connectivity index (χ1) is 13.7. The summed E-state index contributed by atoms with van der Waals surface area (Å²) in [6, 6.07) is 15.1. The first-order valence-electron chi connectivity index (χ1n) is 10.3. The van der Waals surface area contributed by atoms with Gasteiger partial charge >= 0.3 is 0 Å². The fourth-order valence-corrected chi connectivity index (χ4v) is 5.78. The topological polar surface area (TPSA) is 36.1 Å². The average Bonchev–Trinajstić information content (AvgIpc) is 3.34. The Hall–Kier alpha value is -1.66. The lowest BCUT2D eigenvalue weighted by molar-refractivity contribution is 0.0992. The predicted octanol–water partition coefficient (Wildman–Crippen LogP) is 5.54. The molecule has 2 aromatic carbocycles. The van der Waals surface area contributed by atoms with Gasteiger partial charge in [-0.15, -0.1) is 0 Å². The number of Topliss-reactive ketones (excluding diaryl/α,β-unsaturated/α-hetero) is 1. The normalized spacial score (nSPS) is 22.5. The lowest BCUT2D eigenvalue weighted by Crippen LogP contribution is -2.37. The molecule has 0 saturated carbocycles. The van der Waals surface area contributed by atoms with E-state index >= 15 is 0 Å². The van der Waals surface area contributed by atoms with Gasteiger partial charge in [-0.3, -0.25) is 9.69 Å². The lowest BCUT2D eigenvalue weighted by atomic mass is 9.87. The van der Waals surface area contributed by atoms with Crippen LogP contribution >= 0.6 is 22.6 Å². The summed E-state index contributed by atoms with van der Waals surface area (Å²) in [5, 5.41) is 1.30. The molecule has 0 amide bonds. The lowest BCUT2D eigenvalue weighted by Gasteiger charge is -2.35. The number of carbonyl (C=O) groups excluding carboxylic acids is 1. The molecule has 3 aromatic rings. The molecule has 2 aliphatic rings. The number of benzene rings is 2. The Morgan fingerprint density at radius 3 is 2.93 bits per heavy atom. The fourth-order valence-electron chi connectivity index (χ4n) is 5.09. The molecular weight excluding hydrogens is 459 g/mol. The van der Waals surface area contributed by atoms with Crippen LogP contribution in [-0.4, -0.2) is 34.8 Å². The molecule has 2 unspecified atom stereocenters. The van der Waals surface area contributed by atoms with Crippen molar-refractivity contribution in [1.29, 1.82) is 0 Å². The minimum Gasteiger partial charge on any atom is -0.361 e. The number of rotatable bonds is 4. The van der Waals surface area contributed by atoms with Gasteiger partial charge in [0.1, 0.15) is 0 Å². The highest BCUT2D eigenvalue weighted by atomic mass is 127. The van der Waals surface area contributed by atoms with Crippen LogP contribution in [0.25, 0.3) is 10.9 Å². The van der Waals surface area contributed by atoms with Crippen molar-refractivity contribution in [2.24, 2.45) is 0 Å². The van der Waals surface area contributed by atoms with Gasteiger partial charge in [-0.05, 0) is 90.1 Å². The van der Waals surface area contributed by atoms with Crippen LogP contribution in [0.4, 0.5) is 0 Å². The van der Waals surface area contributed by atoms with E-state index in [1.54, 1.807) is 0 Å². The first kappa shape index (κ1) is 18.4. The Balaban J connectivity index is 1.41. The molecule has 3 heterocycles. The van der Waals surface area contributed by atoms with Crippen molar-refractivity contribution in [2.75, 3.05) is 13.1 Å². The summed E-state index contributed by atoms with van der Waals surface area (Å²) in [6.45, 7) is 2.45. The van der Waals surface area contributed by atoms with Crippen molar-refractivity contribution in [1.82, 2.24) is 9.88 Å². The van der Waals surface area contributed by atoms with Crippen molar-refractivity contribution < 1.29 is 4.79 Å². The van der Waals surface area contributed by atoms with Gasteiger partial charge in [-0.25, -0.2) is 0 Å². The summed E-state index contributed by atoms with van der Waals surface area (Å²) in [5.74, 6) is 0.795. The molecule has 0 bridgehead atoms. The maximum Gasteiger partial charge on any atom is 0.168 e. The van der Waals surface area contributed by atoms with Gasteiger partial charge in [0.2, 0.25) is 0 Å². The number of nitrogens with zero attached hydrogens (tertiary/aromatic N) is 1. The Morgan fingerprint density at radius 1 is 1.14 bits per heavy atom. The number of carbonyl (C=O) groups is 1. The largest absolute Gasteiger partial charge is 0.361 e. The van der Waals surface area contributed by atoms with Gasteiger partial charge in [-0.2, -0.15) is 0 Å². The number of ketones is 1. The molecule has 144 valence electrons. The Kier molecular flexibility index (Phi) is 5.01. The summed E-state index contributed by atoms with van der Waals surface area (Å²) in [7, 11) is 0. The van der Waals surface area contributed by atoms with Gasteiger partial charge in [0.05, 0.1) is 0 Å². The quantitative estimate of drug-likeness (QED) is 0.390. The van der Waals surface area contributed by atoms with Crippen molar-refractivity contribution in [3.8, 4) is 0 Å². The number of halogens is 1. The number of fused-ring (bicyclic) bond motifs is 2. The molecule has 1 aromatic heterocycles. The molecule has 2 aliphatic heterocycles. The van der Waals surface area contributed by atoms with Gasteiger partial charge in [0, 0.05) is 45.2 Å². The van der Waals surface area contributed by atoms with Crippen LogP contribution in [0.15, 0.2) is 48.7 Å². The smallest absolute Gasteiger partial charge is 0.168 e. The van der Waals surface area contributed by atoms with Crippen LogP contribution < -0.4 is 0 Å². The third-order valence-corrected chi connectivity index (χ3v) is 7.50. The number of piperidine rings is 1. The molecule has 28 heavy (non-hydrogen) atoms. The van der Waals surface area contributed by atoms with Gasteiger partial charge in [0.25, 0.3) is 0 Å². The molecule has 3 nitrogen and oxygen atoms in total. The molecule has 0 spiro atoms. The van der Waals surface area contributed by atoms with E-state index in [-0.39, 0.29) is 5.78 Å². The zero-order valence-electron chi connectivity index (χ0n) is 16.0. The number of H-pyrrole nitrogens is 1. The molecule has 0 aliphatic carbocycles. The van der Waals surface area contributed by atoms with E-state index in [0.29, 0.717) is 12.3 Å². The maximum atomic E-state index is 12.8. The van der Waals surface area contributed by atoms with E-state index in [2.05, 4.69) is 56.9 Å². The van der Waals surface area contributed by atoms with E-state index in [9.17, 15) is 4.79 Å². The summed E-state index contributed by atoms with van der Waals surface area (Å²) in [5.41, 5.74) is 4.55. The molecule has 2 atom stereocenters. The van der Waals surface area contributed by atoms with E-state index < -0.39 is 0 Å². The summed E-state index contributed by atoms with van der Waals surface area (Å²) >= 11 is 2.25. The molecule has 2 fully saturated rings. The zero-order valence-corrected chi connectivity index (χ0v) is 18.1. The number of aromatic amines is 1. The summed E-state index contributed by atoms with van der Waals surface area (Å²) in [6.07, 6.45) is 8.00. The SMILES string of the molecule is O=C(Cc1ccc2[nH]cc(C3CCC4CCCN4C3)c2c1)c1ccccc1I. The zero-order chi connectivity index (χ0) is 19.1. The second kappa shape index (κ2) is 7.64. The minimum atomic E-state index is 0.194. The molecule has 5 rings (SSSR count). The van der Waals surface area contributed by atoms with Crippen LogP contribution in [0.3, 0.4) is 0 Å². The highest BCUT2D eigenvalue weighted by Gasteiger charge is 2.32. The van der Waals surface area contributed by atoms with Gasteiger partial charge in [-0.1, -0.05) is 24.3 Å². The van der Waals surface area contributed by atoms with Crippen molar-refractivity contribution >= 4 is 39.3 Å². The standard InChI is InChI=1S/C24H25IN2O/c25-22-6-2-1-5-19(22)24(28)13-16-7-10-23-20(12-16)21(14-26-23)17-8-9-18-4-3-11-27(18)15-17/h1-2,5-7,10,12,14,17-18,26H,3-4,8-9,11,13,15H2. The molecule has 0 radical (unpaired) electrons. The number of aromatic nitrogens is 1. The number of nitrogens with one attached hydrogen (secondary N) is 1. The first-order valence-corrected chi connectivity index (χ1v) is 11.4. The van der Waals surface area contributed by atoms with E-state index in [1.807, 2.05) is 24.3 Å². The van der Waals surface area contributed by atoms with Crippen LogP contribution in [0.2, 0.25) is 0 Å². The van der Waals surface area contributed by atoms with Crippen LogP contribution in [0.5, 0.6) is 0 Å². The van der Waals surface area contributed by atoms with Crippen LogP contribution in [0.1, 0.15) is 53.1 Å². The molecule has 2 saturated heterocycles. The molecule has 1 N–H and O–H groups in total. The summed E-state index contributed by atoms with van der Waals surface area (Å²) < 4.78 is 1.02. The van der Waals surface area contributed by atoms with Crippen LogP contribution in [0, 0.1) is 3.57 Å². The Labute approximate surface area is 179 Å². The van der Waals surface area contributed by atoms with Gasteiger partial charge < -0.3 is 4.98 Å². The third-order valence-electron chi connectivity index (χ3n) is 6.56. The van der Waals surface area contributed by atoms with Crippen molar-refractivity contribution in [3.63, 3.8) is 0 Å². The second-order valence-electron chi connectivity index (χ2n) is 8.27. The minimum absolute atomic E-state index is 0.194. The fraction of sp³-hybridized carbons (Fsp3) is 0.375. The second-order valence-corrected chi connectivity index (χ2v) is 9.43. The van der Waals surface area contributed by atoms with E-state index in [0.717, 1.165) is 20.7 Å². The highest BCUT2D eigenvalue weighted by molar-refractivity contribution is 14.1. The Bertz CT molecular complexity index is 1020. The summed E-state index contributed by atoms with van der Waals surface area (Å²) in [4.78, 5) is 19.0. The number of hydrogen-bond acceptors (Lipinski definition) is 2. The van der Waals surface area contributed by atoms with E-state index in [4.69, 9.17) is 0 Å². The third kappa shape index (κ3) is 3.41. The van der Waals surface area contributed by atoms with Crippen molar-refractivity contribution in [2.45, 2.75) is 44.1 Å². The predicted molar refractivity (Wildman–Crippen MR) is 122 cm³/mol. The highest BCUT2D eigenvalue weighted by Crippen LogP contribution is 2.37.